The van der Waals surface area contributed by atoms with E-state index in [2.05, 4.69) is 4.99 Å². The van der Waals surface area contributed by atoms with Crippen LogP contribution < -0.4 is 0 Å². The van der Waals surface area contributed by atoms with E-state index in [0.717, 1.165) is 11.3 Å². The number of phenolic OH excluding ortho intramolecular Hbond substituents is 1. The fraction of sp³-hybridized carbons (Fsp3) is 0.278. The van der Waals surface area contributed by atoms with Crippen molar-refractivity contribution in [3.8, 4) is 5.75 Å². The number of thiophene rings is 1. The van der Waals surface area contributed by atoms with Crippen molar-refractivity contribution in [2.75, 3.05) is 13.2 Å². The first kappa shape index (κ1) is 18.7. The molecule has 0 amide bonds. The second-order valence-electron chi connectivity index (χ2n) is 4.99. The monoisotopic (exact) mass is 361 g/mol. The SMILES string of the molecule is CCOC(=O)c1sc(N=Cc2ccccc2O)c(C(=O)OCC)c1C. The Hall–Kier alpha value is -2.67. The van der Waals surface area contributed by atoms with E-state index in [9.17, 15) is 14.7 Å². The van der Waals surface area contributed by atoms with E-state index in [1.165, 1.54) is 12.3 Å². The molecule has 0 aliphatic rings. The van der Waals surface area contributed by atoms with Crippen molar-refractivity contribution in [2.24, 2.45) is 4.99 Å². The Labute approximate surface area is 149 Å². The van der Waals surface area contributed by atoms with Crippen LogP contribution >= 0.6 is 11.3 Å². The van der Waals surface area contributed by atoms with Gasteiger partial charge in [0.25, 0.3) is 0 Å². The number of carbonyl (C=O) groups excluding carboxylic acids is 2. The maximum atomic E-state index is 12.3. The molecule has 1 N–H and O–H groups in total. The molecule has 25 heavy (non-hydrogen) atoms. The Kier molecular flexibility index (Phi) is 6.30. The molecule has 2 aromatic rings. The number of phenols is 1. The summed E-state index contributed by atoms with van der Waals surface area (Å²) in [4.78, 5) is 29.0. The second-order valence-corrected chi connectivity index (χ2v) is 5.99. The Morgan fingerprint density at radius 3 is 2.44 bits per heavy atom. The van der Waals surface area contributed by atoms with Gasteiger partial charge in [-0.05, 0) is 38.5 Å². The van der Waals surface area contributed by atoms with Crippen LogP contribution in [0.3, 0.4) is 0 Å². The molecule has 0 aliphatic heterocycles. The number of hydrogen-bond acceptors (Lipinski definition) is 7. The number of benzene rings is 1. The minimum Gasteiger partial charge on any atom is -0.507 e. The predicted octanol–water partition coefficient (Wildman–Crippen LogP) is 3.87. The summed E-state index contributed by atoms with van der Waals surface area (Å²) >= 11 is 1.06. The molecule has 0 radical (unpaired) electrons. The van der Waals surface area contributed by atoms with E-state index in [4.69, 9.17) is 9.47 Å². The molecule has 7 heteroatoms. The highest BCUT2D eigenvalue weighted by atomic mass is 32.1. The molecule has 1 heterocycles. The van der Waals surface area contributed by atoms with Crippen molar-refractivity contribution in [1.82, 2.24) is 0 Å². The highest BCUT2D eigenvalue weighted by molar-refractivity contribution is 7.18. The fourth-order valence-electron chi connectivity index (χ4n) is 2.15. The van der Waals surface area contributed by atoms with Gasteiger partial charge < -0.3 is 14.6 Å². The standard InChI is InChI=1S/C18H19NO5S/c1-4-23-17(21)14-11(3)15(18(22)24-5-2)25-16(14)19-10-12-8-6-7-9-13(12)20/h6-10,20H,4-5H2,1-3H3. The van der Waals surface area contributed by atoms with Gasteiger partial charge in [-0.15, -0.1) is 11.3 Å². The van der Waals surface area contributed by atoms with Crippen molar-refractivity contribution in [2.45, 2.75) is 20.8 Å². The smallest absolute Gasteiger partial charge is 0.348 e. The average molecular weight is 361 g/mol. The van der Waals surface area contributed by atoms with Crippen LogP contribution in [-0.4, -0.2) is 36.5 Å². The third-order valence-corrected chi connectivity index (χ3v) is 4.51. The quantitative estimate of drug-likeness (QED) is 0.624. The van der Waals surface area contributed by atoms with Crippen LogP contribution in [0.4, 0.5) is 5.00 Å². The molecule has 132 valence electrons. The minimum atomic E-state index is -0.545. The summed E-state index contributed by atoms with van der Waals surface area (Å²) < 4.78 is 10.1. The molecule has 6 nitrogen and oxygen atoms in total. The van der Waals surface area contributed by atoms with Crippen LogP contribution in [0.2, 0.25) is 0 Å². The van der Waals surface area contributed by atoms with Gasteiger partial charge in [0.2, 0.25) is 0 Å². The zero-order valence-electron chi connectivity index (χ0n) is 14.2. The number of carbonyl (C=O) groups is 2. The molecule has 0 saturated heterocycles. The number of esters is 2. The minimum absolute atomic E-state index is 0.0721. The van der Waals surface area contributed by atoms with Crippen molar-refractivity contribution < 1.29 is 24.2 Å². The number of hydrogen-bond donors (Lipinski definition) is 1. The molecule has 1 aromatic carbocycles. The molecule has 2 rings (SSSR count). The normalized spacial score (nSPS) is 10.8. The lowest BCUT2D eigenvalue weighted by Gasteiger charge is -2.03. The maximum absolute atomic E-state index is 12.3. The zero-order valence-corrected chi connectivity index (χ0v) is 15.1. The van der Waals surface area contributed by atoms with Gasteiger partial charge in [-0.1, -0.05) is 12.1 Å². The number of aromatic hydroxyl groups is 1. The van der Waals surface area contributed by atoms with Gasteiger partial charge in [-0.25, -0.2) is 14.6 Å². The summed E-state index contributed by atoms with van der Waals surface area (Å²) in [6, 6.07) is 6.69. The molecule has 1 aromatic heterocycles. The van der Waals surface area contributed by atoms with Crippen molar-refractivity contribution in [3.05, 3.63) is 45.8 Å². The first-order valence-corrected chi connectivity index (χ1v) is 8.60. The summed E-state index contributed by atoms with van der Waals surface area (Å²) in [5, 5.41) is 10.2. The van der Waals surface area contributed by atoms with Gasteiger partial charge in [-0.2, -0.15) is 0 Å². The van der Waals surface area contributed by atoms with Crippen molar-refractivity contribution in [1.29, 1.82) is 0 Å². The highest BCUT2D eigenvalue weighted by Gasteiger charge is 2.26. The molecule has 0 bridgehead atoms. The molecule has 0 atom stereocenters. The summed E-state index contributed by atoms with van der Waals surface area (Å²) in [6.45, 7) is 5.53. The Bertz CT molecular complexity index is 810. The largest absolute Gasteiger partial charge is 0.507 e. The summed E-state index contributed by atoms with van der Waals surface area (Å²) in [7, 11) is 0. The third kappa shape index (κ3) is 4.24. The lowest BCUT2D eigenvalue weighted by molar-refractivity contribution is 0.0527. The van der Waals surface area contributed by atoms with Gasteiger partial charge in [0, 0.05) is 11.8 Å². The predicted molar refractivity (Wildman–Crippen MR) is 96.3 cm³/mol. The zero-order chi connectivity index (χ0) is 18.4. The van der Waals surface area contributed by atoms with E-state index in [-0.39, 0.29) is 24.5 Å². The summed E-state index contributed by atoms with van der Waals surface area (Å²) in [5.41, 5.74) is 1.22. The molecule has 0 saturated carbocycles. The van der Waals surface area contributed by atoms with Gasteiger partial charge in [0.15, 0.2) is 0 Å². The van der Waals surface area contributed by atoms with Crippen LogP contribution in [0, 0.1) is 6.92 Å². The van der Waals surface area contributed by atoms with Crippen LogP contribution in [0.15, 0.2) is 29.3 Å². The number of rotatable bonds is 6. The van der Waals surface area contributed by atoms with Gasteiger partial charge in [0.05, 0.1) is 13.2 Å². The molecule has 0 spiro atoms. The number of nitrogens with zero attached hydrogens (tertiary/aromatic N) is 1. The van der Waals surface area contributed by atoms with Crippen molar-refractivity contribution in [3.63, 3.8) is 0 Å². The molecular formula is C18H19NO5S. The second kappa shape index (κ2) is 8.43. The van der Waals surface area contributed by atoms with E-state index >= 15 is 0 Å². The van der Waals surface area contributed by atoms with Crippen LogP contribution in [0.25, 0.3) is 0 Å². The Morgan fingerprint density at radius 2 is 1.80 bits per heavy atom. The first-order chi connectivity index (χ1) is 12.0. The van der Waals surface area contributed by atoms with E-state index in [1.807, 2.05) is 0 Å². The van der Waals surface area contributed by atoms with Crippen molar-refractivity contribution >= 4 is 34.5 Å². The maximum Gasteiger partial charge on any atom is 0.348 e. The average Bonchev–Trinajstić information content (AvgIpc) is 2.91. The Balaban J connectivity index is 2.48. The van der Waals surface area contributed by atoms with Crippen LogP contribution in [-0.2, 0) is 9.47 Å². The topological polar surface area (TPSA) is 85.2 Å². The molecule has 0 aliphatic carbocycles. The summed E-state index contributed by atoms with van der Waals surface area (Å²) in [6.07, 6.45) is 1.44. The number of aliphatic imine (C=N–C) groups is 1. The third-order valence-electron chi connectivity index (χ3n) is 3.33. The molecule has 0 unspecified atom stereocenters. The van der Waals surface area contributed by atoms with Gasteiger partial charge >= 0.3 is 11.9 Å². The highest BCUT2D eigenvalue weighted by Crippen LogP contribution is 2.36. The van der Waals surface area contributed by atoms with E-state index < -0.39 is 11.9 Å². The summed E-state index contributed by atoms with van der Waals surface area (Å²) in [5.74, 6) is -0.974. The number of para-hydroxylation sites is 1. The van der Waals surface area contributed by atoms with Crippen LogP contribution in [0.5, 0.6) is 5.75 Å². The van der Waals surface area contributed by atoms with E-state index in [1.54, 1.807) is 39.0 Å². The lowest BCUT2D eigenvalue weighted by atomic mass is 10.1. The molecular weight excluding hydrogens is 342 g/mol. The molecule has 0 fully saturated rings. The lowest BCUT2D eigenvalue weighted by Crippen LogP contribution is -2.08. The van der Waals surface area contributed by atoms with Gasteiger partial charge in [0.1, 0.15) is 21.2 Å². The first-order valence-electron chi connectivity index (χ1n) is 7.79. The fourth-order valence-corrected chi connectivity index (χ4v) is 3.18. The number of ether oxygens (including phenoxy) is 2. The Morgan fingerprint density at radius 1 is 1.16 bits per heavy atom. The van der Waals surface area contributed by atoms with Crippen LogP contribution in [0.1, 0.15) is 45.0 Å². The van der Waals surface area contributed by atoms with E-state index in [0.29, 0.717) is 21.0 Å². The van der Waals surface area contributed by atoms with Gasteiger partial charge in [-0.3, -0.25) is 0 Å².